The first kappa shape index (κ1) is 24.3. The van der Waals surface area contributed by atoms with Gasteiger partial charge in [-0.1, -0.05) is 69.6 Å². The molecule has 0 bridgehead atoms. The second-order valence-electron chi connectivity index (χ2n) is 9.47. The minimum absolute atomic E-state index is 0.103. The normalized spacial score (nSPS) is 24.0. The van der Waals surface area contributed by atoms with Gasteiger partial charge in [0.15, 0.2) is 0 Å². The average Bonchev–Trinajstić information content (AvgIpc) is 3.45. The summed E-state index contributed by atoms with van der Waals surface area (Å²) in [5.74, 6) is 0.211. The van der Waals surface area contributed by atoms with Gasteiger partial charge in [0.05, 0.1) is 11.3 Å². The molecule has 1 aromatic carbocycles. The fraction of sp³-hybridized carbons (Fsp3) is 0.577. The maximum Gasteiger partial charge on any atom is 0.305 e. The van der Waals surface area contributed by atoms with Gasteiger partial charge in [0, 0.05) is 30.7 Å². The van der Waals surface area contributed by atoms with E-state index in [0.29, 0.717) is 21.2 Å². The van der Waals surface area contributed by atoms with Crippen LogP contribution in [0.1, 0.15) is 82.3 Å². The topological polar surface area (TPSA) is 60.9 Å². The summed E-state index contributed by atoms with van der Waals surface area (Å²) < 4.78 is 0.438. The lowest BCUT2D eigenvalue weighted by Crippen LogP contribution is -2.35. The molecule has 2 fully saturated rings. The minimum Gasteiger partial charge on any atom is -0.481 e. The number of carbonyl (C=O) groups is 2. The Kier molecular flexibility index (Phi) is 7.80. The summed E-state index contributed by atoms with van der Waals surface area (Å²) in [6.45, 7) is 5.86. The van der Waals surface area contributed by atoms with Crippen molar-refractivity contribution < 1.29 is 14.7 Å². The number of carboxylic acid groups (broad SMARTS) is 1. The standard InChI is InChI=1S/C26H34N2O3S2/c1-3-5-7-17(4-2)16-28-21-9-6-8-19(21)20-14-18(10-11-22(20)28)15-23-25(31)27(26(32)33-23)13-12-24(29)30/h10-11,14-15,17,19,21H,3-9,12-13,16H2,1-2H3,(H,29,30). The molecular formula is C26H34N2O3S2. The van der Waals surface area contributed by atoms with E-state index >= 15 is 0 Å². The molecule has 33 heavy (non-hydrogen) atoms. The van der Waals surface area contributed by atoms with E-state index in [-0.39, 0.29) is 18.9 Å². The van der Waals surface area contributed by atoms with E-state index in [1.165, 1.54) is 72.9 Å². The van der Waals surface area contributed by atoms with Crippen molar-refractivity contribution in [3.63, 3.8) is 0 Å². The molecule has 3 aliphatic rings. The van der Waals surface area contributed by atoms with E-state index < -0.39 is 5.97 Å². The van der Waals surface area contributed by atoms with Gasteiger partial charge in [-0.25, -0.2) is 0 Å². The number of hydrogen-bond acceptors (Lipinski definition) is 5. The fourth-order valence-electron chi connectivity index (χ4n) is 5.56. The van der Waals surface area contributed by atoms with Crippen molar-refractivity contribution in [1.82, 2.24) is 4.90 Å². The molecule has 7 heteroatoms. The molecule has 3 unspecified atom stereocenters. The summed E-state index contributed by atoms with van der Waals surface area (Å²) in [6.07, 6.45) is 10.7. The fourth-order valence-corrected chi connectivity index (χ4v) is 6.87. The lowest BCUT2D eigenvalue weighted by Gasteiger charge is -2.31. The first-order valence-corrected chi connectivity index (χ1v) is 13.5. The number of unbranched alkanes of at least 4 members (excludes halogenated alkanes) is 1. The lowest BCUT2D eigenvalue weighted by molar-refractivity contribution is -0.137. The quantitative estimate of drug-likeness (QED) is 0.322. The second-order valence-corrected chi connectivity index (χ2v) is 11.1. The molecule has 1 amide bonds. The zero-order chi connectivity index (χ0) is 23.5. The molecule has 0 spiro atoms. The third-order valence-electron chi connectivity index (χ3n) is 7.36. The van der Waals surface area contributed by atoms with Crippen LogP contribution in [-0.4, -0.2) is 45.3 Å². The molecule has 5 nitrogen and oxygen atoms in total. The number of carbonyl (C=O) groups excluding carboxylic acids is 1. The first-order valence-electron chi connectivity index (χ1n) is 12.3. The number of carboxylic acids is 1. The highest BCUT2D eigenvalue weighted by atomic mass is 32.2. The van der Waals surface area contributed by atoms with Gasteiger partial charge in [0.2, 0.25) is 0 Å². The molecule has 1 N–H and O–H groups in total. The van der Waals surface area contributed by atoms with Crippen molar-refractivity contribution in [1.29, 1.82) is 0 Å². The van der Waals surface area contributed by atoms with Crippen molar-refractivity contribution in [3.05, 3.63) is 34.2 Å². The maximum absolute atomic E-state index is 12.8. The Hall–Kier alpha value is -1.86. The smallest absolute Gasteiger partial charge is 0.305 e. The number of aliphatic carboxylic acids is 1. The Labute approximate surface area is 206 Å². The van der Waals surface area contributed by atoms with Crippen molar-refractivity contribution >= 4 is 51.9 Å². The predicted molar refractivity (Wildman–Crippen MR) is 140 cm³/mol. The Morgan fingerprint density at radius 3 is 2.88 bits per heavy atom. The monoisotopic (exact) mass is 486 g/mol. The number of anilines is 1. The number of fused-ring (bicyclic) bond motifs is 3. The van der Waals surface area contributed by atoms with Crippen LogP contribution >= 0.6 is 24.0 Å². The highest BCUT2D eigenvalue weighted by molar-refractivity contribution is 8.26. The van der Waals surface area contributed by atoms with Gasteiger partial charge in [0.1, 0.15) is 4.32 Å². The van der Waals surface area contributed by atoms with Crippen LogP contribution in [0.15, 0.2) is 23.1 Å². The number of nitrogens with zero attached hydrogens (tertiary/aromatic N) is 2. The number of hydrogen-bond donors (Lipinski definition) is 1. The van der Waals surface area contributed by atoms with Gasteiger partial charge in [-0.2, -0.15) is 0 Å². The van der Waals surface area contributed by atoms with Crippen molar-refractivity contribution in [2.24, 2.45) is 5.92 Å². The molecule has 1 saturated heterocycles. The Morgan fingerprint density at radius 2 is 2.15 bits per heavy atom. The van der Waals surface area contributed by atoms with Gasteiger partial charge < -0.3 is 10.0 Å². The second kappa shape index (κ2) is 10.6. The van der Waals surface area contributed by atoms with Gasteiger partial charge >= 0.3 is 5.97 Å². The molecule has 1 aromatic rings. The number of benzene rings is 1. The highest BCUT2D eigenvalue weighted by Gasteiger charge is 2.42. The molecular weight excluding hydrogens is 452 g/mol. The van der Waals surface area contributed by atoms with Crippen LogP contribution in [0.4, 0.5) is 5.69 Å². The van der Waals surface area contributed by atoms with Gasteiger partial charge in [-0.15, -0.1) is 0 Å². The average molecular weight is 487 g/mol. The SMILES string of the molecule is CCCCC(CC)CN1c2ccc(C=C3SC(=S)N(CCC(=O)O)C3=O)cc2C2CCCC21. The van der Waals surface area contributed by atoms with Crippen molar-refractivity contribution in [2.75, 3.05) is 18.0 Å². The molecule has 3 atom stereocenters. The highest BCUT2D eigenvalue weighted by Crippen LogP contribution is 2.50. The minimum atomic E-state index is -0.928. The Balaban J connectivity index is 1.55. The largest absolute Gasteiger partial charge is 0.481 e. The van der Waals surface area contributed by atoms with E-state index in [4.69, 9.17) is 17.3 Å². The molecule has 178 valence electrons. The molecule has 1 saturated carbocycles. The summed E-state index contributed by atoms with van der Waals surface area (Å²) in [5.41, 5.74) is 3.83. The van der Waals surface area contributed by atoms with E-state index in [0.717, 1.165) is 18.0 Å². The predicted octanol–water partition coefficient (Wildman–Crippen LogP) is 6.04. The van der Waals surface area contributed by atoms with Gasteiger partial charge in [-0.3, -0.25) is 14.5 Å². The summed E-state index contributed by atoms with van der Waals surface area (Å²) >= 11 is 6.59. The first-order chi connectivity index (χ1) is 15.9. The molecule has 2 aliphatic heterocycles. The van der Waals surface area contributed by atoms with Crippen LogP contribution < -0.4 is 4.90 Å². The lowest BCUT2D eigenvalue weighted by atomic mass is 9.95. The summed E-state index contributed by atoms with van der Waals surface area (Å²) in [4.78, 5) is 28.4. The molecule has 4 rings (SSSR count). The van der Waals surface area contributed by atoms with Crippen LogP contribution in [0.3, 0.4) is 0 Å². The number of rotatable bonds is 10. The van der Waals surface area contributed by atoms with Crippen LogP contribution in [0.2, 0.25) is 0 Å². The third-order valence-corrected chi connectivity index (χ3v) is 8.74. The van der Waals surface area contributed by atoms with Crippen LogP contribution in [0, 0.1) is 5.92 Å². The molecule has 0 aromatic heterocycles. The number of amides is 1. The maximum atomic E-state index is 12.8. The van der Waals surface area contributed by atoms with E-state index in [1.54, 1.807) is 0 Å². The van der Waals surface area contributed by atoms with Crippen LogP contribution in [0.5, 0.6) is 0 Å². The van der Waals surface area contributed by atoms with Crippen LogP contribution in [-0.2, 0) is 9.59 Å². The molecule has 1 aliphatic carbocycles. The van der Waals surface area contributed by atoms with E-state index in [1.807, 2.05) is 6.08 Å². The van der Waals surface area contributed by atoms with Gasteiger partial charge in [-0.05, 0) is 54.5 Å². The molecule has 2 heterocycles. The van der Waals surface area contributed by atoms with E-state index in [2.05, 4.69) is 36.9 Å². The third kappa shape index (κ3) is 5.14. The summed E-state index contributed by atoms with van der Waals surface area (Å²) in [7, 11) is 0. The zero-order valence-corrected chi connectivity index (χ0v) is 21.2. The Bertz CT molecular complexity index is 961. The number of thioether (sulfide) groups is 1. The summed E-state index contributed by atoms with van der Waals surface area (Å²) in [5, 5.41) is 8.94. The van der Waals surface area contributed by atoms with Crippen molar-refractivity contribution in [3.8, 4) is 0 Å². The van der Waals surface area contributed by atoms with Crippen molar-refractivity contribution in [2.45, 2.75) is 77.2 Å². The van der Waals surface area contributed by atoms with Gasteiger partial charge in [0.25, 0.3) is 5.91 Å². The summed E-state index contributed by atoms with van der Waals surface area (Å²) in [6, 6.07) is 7.25. The zero-order valence-electron chi connectivity index (χ0n) is 19.6. The Morgan fingerprint density at radius 1 is 1.33 bits per heavy atom. The van der Waals surface area contributed by atoms with Crippen LogP contribution in [0.25, 0.3) is 6.08 Å². The van der Waals surface area contributed by atoms with E-state index in [9.17, 15) is 9.59 Å². The molecule has 0 radical (unpaired) electrons. The number of thiocarbonyl (C=S) groups is 1.